The van der Waals surface area contributed by atoms with Crippen LogP contribution in [0.15, 0.2) is 11.2 Å². The lowest BCUT2D eigenvalue weighted by molar-refractivity contribution is 0.244. The number of aliphatic hydroxyl groups is 1. The van der Waals surface area contributed by atoms with Crippen molar-refractivity contribution in [2.24, 2.45) is 0 Å². The summed E-state index contributed by atoms with van der Waals surface area (Å²) in [6.07, 6.45) is 5.02. The fourth-order valence-electron chi connectivity index (χ4n) is 2.45. The zero-order valence-corrected chi connectivity index (χ0v) is 11.3. The van der Waals surface area contributed by atoms with Crippen molar-refractivity contribution < 1.29 is 13.5 Å². The van der Waals surface area contributed by atoms with Crippen molar-refractivity contribution in [3.8, 4) is 0 Å². The number of aromatic amines is 1. The lowest BCUT2D eigenvalue weighted by Gasteiger charge is -2.33. The Labute approximate surface area is 107 Å². The number of hydrogen-bond acceptors (Lipinski definition) is 4. The third-order valence-electron chi connectivity index (χ3n) is 3.46. The van der Waals surface area contributed by atoms with Gasteiger partial charge in [0.15, 0.2) is 5.03 Å². The second kappa shape index (κ2) is 5.38. The van der Waals surface area contributed by atoms with Crippen LogP contribution in [0, 0.1) is 0 Å². The zero-order chi connectivity index (χ0) is 13.2. The molecule has 6 nitrogen and oxygen atoms in total. The van der Waals surface area contributed by atoms with E-state index in [1.807, 2.05) is 6.92 Å². The van der Waals surface area contributed by atoms with Crippen molar-refractivity contribution in [1.29, 1.82) is 0 Å². The Hall–Kier alpha value is -0.920. The lowest BCUT2D eigenvalue weighted by Crippen LogP contribution is -2.43. The van der Waals surface area contributed by atoms with Gasteiger partial charge >= 0.3 is 0 Å². The van der Waals surface area contributed by atoms with Crippen LogP contribution in [0.4, 0.5) is 0 Å². The molecule has 1 fully saturated rings. The summed E-state index contributed by atoms with van der Waals surface area (Å²) >= 11 is 0. The number of sulfonamides is 1. The molecule has 1 unspecified atom stereocenters. The molecule has 1 saturated heterocycles. The second-order valence-electron chi connectivity index (χ2n) is 4.56. The first-order chi connectivity index (χ1) is 8.61. The molecule has 1 aromatic rings. The SMILES string of the molecule is CCC1CCCCN1S(=O)(=O)c1[nH]ncc1CO. The van der Waals surface area contributed by atoms with Gasteiger partial charge in [-0.25, -0.2) is 8.42 Å². The van der Waals surface area contributed by atoms with E-state index in [0.717, 1.165) is 25.7 Å². The van der Waals surface area contributed by atoms with Gasteiger partial charge in [-0.3, -0.25) is 5.10 Å². The number of hydrogen-bond donors (Lipinski definition) is 2. The van der Waals surface area contributed by atoms with E-state index < -0.39 is 10.0 Å². The summed E-state index contributed by atoms with van der Waals surface area (Å²) in [5.41, 5.74) is 0.329. The number of piperidine rings is 1. The Morgan fingerprint density at radius 2 is 2.33 bits per heavy atom. The maximum atomic E-state index is 12.5. The van der Waals surface area contributed by atoms with Crippen molar-refractivity contribution in [1.82, 2.24) is 14.5 Å². The quantitative estimate of drug-likeness (QED) is 0.851. The molecule has 0 aliphatic carbocycles. The van der Waals surface area contributed by atoms with Crippen LogP contribution >= 0.6 is 0 Å². The van der Waals surface area contributed by atoms with Gasteiger partial charge in [-0.05, 0) is 19.3 Å². The molecule has 2 N–H and O–H groups in total. The number of aliphatic hydroxyl groups excluding tert-OH is 1. The molecule has 1 aliphatic heterocycles. The highest BCUT2D eigenvalue weighted by molar-refractivity contribution is 7.89. The molecular formula is C11H19N3O3S. The minimum Gasteiger partial charge on any atom is -0.392 e. The van der Waals surface area contributed by atoms with Crippen molar-refractivity contribution in [2.45, 2.75) is 50.3 Å². The molecule has 2 heterocycles. The third-order valence-corrected chi connectivity index (χ3v) is 5.43. The Morgan fingerprint density at radius 3 is 3.00 bits per heavy atom. The van der Waals surface area contributed by atoms with E-state index in [1.54, 1.807) is 4.31 Å². The van der Waals surface area contributed by atoms with Gasteiger partial charge in [-0.1, -0.05) is 13.3 Å². The van der Waals surface area contributed by atoms with Crippen molar-refractivity contribution in [3.63, 3.8) is 0 Å². The molecule has 1 atom stereocenters. The predicted molar refractivity (Wildman–Crippen MR) is 66.3 cm³/mol. The third kappa shape index (κ3) is 2.30. The molecule has 102 valence electrons. The highest BCUT2D eigenvalue weighted by Gasteiger charge is 2.34. The molecule has 2 rings (SSSR count). The number of nitrogens with zero attached hydrogens (tertiary/aromatic N) is 2. The summed E-state index contributed by atoms with van der Waals surface area (Å²) in [7, 11) is -3.57. The standard InChI is InChI=1S/C11H19N3O3S/c1-2-10-5-3-4-6-14(10)18(16,17)11-9(8-15)7-12-13-11/h7,10,15H,2-6,8H2,1H3,(H,12,13). The van der Waals surface area contributed by atoms with E-state index in [1.165, 1.54) is 6.20 Å². The molecule has 0 saturated carbocycles. The molecule has 0 aromatic carbocycles. The summed E-state index contributed by atoms with van der Waals surface area (Å²) in [5, 5.41) is 15.4. The second-order valence-corrected chi connectivity index (χ2v) is 6.38. The molecule has 7 heteroatoms. The van der Waals surface area contributed by atoms with Gasteiger partial charge in [0, 0.05) is 18.2 Å². The first-order valence-electron chi connectivity index (χ1n) is 6.26. The van der Waals surface area contributed by atoms with Crippen molar-refractivity contribution in [2.75, 3.05) is 6.54 Å². The van der Waals surface area contributed by atoms with Crippen LogP contribution in [0.5, 0.6) is 0 Å². The number of nitrogens with one attached hydrogen (secondary N) is 1. The first-order valence-corrected chi connectivity index (χ1v) is 7.70. The minimum atomic E-state index is -3.57. The molecule has 0 bridgehead atoms. The van der Waals surface area contributed by atoms with Gasteiger partial charge < -0.3 is 5.11 Å². The summed E-state index contributed by atoms with van der Waals surface area (Å²) < 4.78 is 26.6. The molecule has 0 radical (unpaired) electrons. The van der Waals surface area contributed by atoms with Gasteiger partial charge in [0.05, 0.1) is 12.8 Å². The molecule has 18 heavy (non-hydrogen) atoms. The van der Waals surface area contributed by atoms with E-state index in [0.29, 0.717) is 12.1 Å². The van der Waals surface area contributed by atoms with Crippen LogP contribution < -0.4 is 0 Å². The van der Waals surface area contributed by atoms with Gasteiger partial charge in [0.2, 0.25) is 0 Å². The fourth-order valence-corrected chi connectivity index (χ4v) is 4.32. The number of H-pyrrole nitrogens is 1. The minimum absolute atomic E-state index is 0.0327. The number of rotatable bonds is 4. The Bertz CT molecular complexity index is 497. The van der Waals surface area contributed by atoms with Crippen molar-refractivity contribution in [3.05, 3.63) is 11.8 Å². The summed E-state index contributed by atoms with van der Waals surface area (Å²) in [6, 6.07) is 0.0543. The number of aromatic nitrogens is 2. The monoisotopic (exact) mass is 273 g/mol. The van der Waals surface area contributed by atoms with E-state index in [-0.39, 0.29) is 17.7 Å². The summed E-state index contributed by atoms with van der Waals surface area (Å²) in [4.78, 5) is 0. The molecule has 0 spiro atoms. The summed E-state index contributed by atoms with van der Waals surface area (Å²) in [6.45, 7) is 2.22. The first kappa shape index (κ1) is 13.5. The zero-order valence-electron chi connectivity index (χ0n) is 10.5. The van der Waals surface area contributed by atoms with Gasteiger partial charge in [0.1, 0.15) is 0 Å². The van der Waals surface area contributed by atoms with E-state index >= 15 is 0 Å². The highest BCUT2D eigenvalue weighted by Crippen LogP contribution is 2.27. The molecule has 0 amide bonds. The molecule has 1 aromatic heterocycles. The highest BCUT2D eigenvalue weighted by atomic mass is 32.2. The van der Waals surface area contributed by atoms with Crippen LogP contribution in [-0.2, 0) is 16.6 Å². The Kier molecular flexibility index (Phi) is 4.04. The van der Waals surface area contributed by atoms with Crippen LogP contribution in [0.25, 0.3) is 0 Å². The Balaban J connectivity index is 2.35. The Morgan fingerprint density at radius 1 is 1.56 bits per heavy atom. The van der Waals surface area contributed by atoms with Crippen LogP contribution in [0.2, 0.25) is 0 Å². The van der Waals surface area contributed by atoms with E-state index in [2.05, 4.69) is 10.2 Å². The van der Waals surface area contributed by atoms with Crippen LogP contribution in [0.1, 0.15) is 38.2 Å². The normalized spacial score (nSPS) is 22.2. The molecular weight excluding hydrogens is 254 g/mol. The predicted octanol–water partition coefficient (Wildman–Crippen LogP) is 0.855. The fraction of sp³-hybridized carbons (Fsp3) is 0.727. The molecule has 1 aliphatic rings. The smallest absolute Gasteiger partial charge is 0.260 e. The topological polar surface area (TPSA) is 86.3 Å². The van der Waals surface area contributed by atoms with Gasteiger partial charge in [-0.15, -0.1) is 0 Å². The van der Waals surface area contributed by atoms with Crippen LogP contribution in [-0.4, -0.2) is 40.6 Å². The van der Waals surface area contributed by atoms with Crippen molar-refractivity contribution >= 4 is 10.0 Å². The average Bonchev–Trinajstić information content (AvgIpc) is 2.87. The lowest BCUT2D eigenvalue weighted by atomic mass is 10.0. The van der Waals surface area contributed by atoms with Gasteiger partial charge in [-0.2, -0.15) is 9.40 Å². The summed E-state index contributed by atoms with van der Waals surface area (Å²) in [5.74, 6) is 0. The maximum absolute atomic E-state index is 12.5. The maximum Gasteiger partial charge on any atom is 0.260 e. The average molecular weight is 273 g/mol. The van der Waals surface area contributed by atoms with Crippen LogP contribution in [0.3, 0.4) is 0 Å². The van der Waals surface area contributed by atoms with E-state index in [4.69, 9.17) is 5.11 Å². The largest absolute Gasteiger partial charge is 0.392 e. The van der Waals surface area contributed by atoms with E-state index in [9.17, 15) is 8.42 Å². The van der Waals surface area contributed by atoms with Gasteiger partial charge in [0.25, 0.3) is 10.0 Å².